The van der Waals surface area contributed by atoms with Crippen molar-refractivity contribution in [2.75, 3.05) is 13.3 Å². The molecule has 0 atom stereocenters. The zero-order valence-electron chi connectivity index (χ0n) is 7.67. The molecule has 1 rings (SSSR count). The van der Waals surface area contributed by atoms with Crippen molar-refractivity contribution >= 4 is 0 Å². The molecule has 0 aliphatic rings. The molecule has 0 aliphatic carbocycles. The van der Waals surface area contributed by atoms with Crippen LogP contribution in [0.4, 0.5) is 4.39 Å². The van der Waals surface area contributed by atoms with Gasteiger partial charge in [0.15, 0.2) is 0 Å². The minimum Gasteiger partial charge on any atom is -0.396 e. The number of aliphatic hydroxyl groups is 1. The van der Waals surface area contributed by atoms with Gasteiger partial charge in [-0.05, 0) is 30.4 Å². The quantitative estimate of drug-likeness (QED) is 0.739. The van der Waals surface area contributed by atoms with Crippen molar-refractivity contribution in [3.05, 3.63) is 35.4 Å². The Bertz CT molecular complexity index is 230. The van der Waals surface area contributed by atoms with Crippen LogP contribution in [0, 0.1) is 0 Å². The molecule has 0 spiro atoms. The Kier molecular flexibility index (Phi) is 4.47. The van der Waals surface area contributed by atoms with Gasteiger partial charge in [-0.2, -0.15) is 0 Å². The van der Waals surface area contributed by atoms with Gasteiger partial charge in [0.1, 0.15) is 0 Å². The monoisotopic (exact) mass is 182 g/mol. The molecule has 0 bridgehead atoms. The molecular formula is C11H15FO. The Labute approximate surface area is 78.2 Å². The van der Waals surface area contributed by atoms with Gasteiger partial charge in [0, 0.05) is 6.61 Å². The normalized spacial score (nSPS) is 10.3. The van der Waals surface area contributed by atoms with Crippen LogP contribution in [0.25, 0.3) is 0 Å². The van der Waals surface area contributed by atoms with Crippen molar-refractivity contribution < 1.29 is 9.50 Å². The van der Waals surface area contributed by atoms with E-state index in [0.717, 1.165) is 12.0 Å². The first-order valence-corrected chi connectivity index (χ1v) is 4.61. The number of benzene rings is 1. The average molecular weight is 182 g/mol. The number of rotatable bonds is 5. The molecule has 0 unspecified atom stereocenters. The summed E-state index contributed by atoms with van der Waals surface area (Å²) >= 11 is 0. The van der Waals surface area contributed by atoms with Crippen LogP contribution in [-0.4, -0.2) is 18.4 Å². The first-order chi connectivity index (χ1) is 6.36. The van der Waals surface area contributed by atoms with Crippen molar-refractivity contribution in [3.63, 3.8) is 0 Å². The van der Waals surface area contributed by atoms with Crippen molar-refractivity contribution in [1.29, 1.82) is 0 Å². The van der Waals surface area contributed by atoms with Crippen molar-refractivity contribution in [3.8, 4) is 0 Å². The predicted molar refractivity (Wildman–Crippen MR) is 51.5 cm³/mol. The molecule has 0 heterocycles. The summed E-state index contributed by atoms with van der Waals surface area (Å²) in [5.74, 6) is 0. The second kappa shape index (κ2) is 5.70. The zero-order chi connectivity index (χ0) is 9.52. The van der Waals surface area contributed by atoms with Gasteiger partial charge >= 0.3 is 0 Å². The summed E-state index contributed by atoms with van der Waals surface area (Å²) in [6.45, 7) is -0.0672. The summed E-state index contributed by atoms with van der Waals surface area (Å²) in [7, 11) is 0. The zero-order valence-corrected chi connectivity index (χ0v) is 7.67. The molecule has 13 heavy (non-hydrogen) atoms. The third-order valence-electron chi connectivity index (χ3n) is 2.02. The second-order valence-corrected chi connectivity index (χ2v) is 3.08. The Morgan fingerprint density at radius 3 is 2.00 bits per heavy atom. The molecule has 72 valence electrons. The highest BCUT2D eigenvalue weighted by Gasteiger charge is 1.94. The second-order valence-electron chi connectivity index (χ2n) is 3.08. The van der Waals surface area contributed by atoms with E-state index in [0.29, 0.717) is 12.8 Å². The minimum absolute atomic E-state index is 0.184. The fraction of sp³-hybridized carbons (Fsp3) is 0.455. The van der Waals surface area contributed by atoms with E-state index >= 15 is 0 Å². The number of halogens is 1. The summed E-state index contributed by atoms with van der Waals surface area (Å²) < 4.78 is 11.8. The van der Waals surface area contributed by atoms with E-state index in [4.69, 9.17) is 5.11 Å². The molecule has 0 aliphatic heterocycles. The SMILES string of the molecule is OCCc1ccc(CCCF)cc1. The van der Waals surface area contributed by atoms with Crippen molar-refractivity contribution in [2.45, 2.75) is 19.3 Å². The Hall–Kier alpha value is -0.890. The Balaban J connectivity index is 2.48. The fourth-order valence-electron chi connectivity index (χ4n) is 1.27. The summed E-state index contributed by atoms with van der Waals surface area (Å²) in [5.41, 5.74) is 2.30. The molecule has 0 saturated carbocycles. The van der Waals surface area contributed by atoms with E-state index in [1.807, 2.05) is 24.3 Å². The molecule has 0 saturated heterocycles. The van der Waals surface area contributed by atoms with Crippen LogP contribution in [0.2, 0.25) is 0 Å². The molecule has 2 heteroatoms. The third-order valence-corrected chi connectivity index (χ3v) is 2.02. The maximum atomic E-state index is 11.8. The van der Waals surface area contributed by atoms with Crippen LogP contribution in [0.1, 0.15) is 17.5 Å². The van der Waals surface area contributed by atoms with E-state index in [1.165, 1.54) is 5.56 Å². The van der Waals surface area contributed by atoms with Crippen LogP contribution in [0.3, 0.4) is 0 Å². The molecule has 1 aromatic carbocycles. The van der Waals surface area contributed by atoms with E-state index in [2.05, 4.69) is 0 Å². The van der Waals surface area contributed by atoms with E-state index in [-0.39, 0.29) is 13.3 Å². The molecule has 0 amide bonds. The number of alkyl halides is 1. The maximum Gasteiger partial charge on any atom is 0.0897 e. The fourth-order valence-corrected chi connectivity index (χ4v) is 1.27. The van der Waals surface area contributed by atoms with E-state index < -0.39 is 0 Å². The van der Waals surface area contributed by atoms with Gasteiger partial charge in [-0.25, -0.2) is 0 Å². The summed E-state index contributed by atoms with van der Waals surface area (Å²) in [6.07, 6.45) is 2.10. The summed E-state index contributed by atoms with van der Waals surface area (Å²) in [5, 5.41) is 8.68. The highest BCUT2D eigenvalue weighted by molar-refractivity contribution is 5.22. The Morgan fingerprint density at radius 2 is 1.54 bits per heavy atom. The summed E-state index contributed by atoms with van der Waals surface area (Å²) in [6, 6.07) is 7.98. The van der Waals surface area contributed by atoms with E-state index in [9.17, 15) is 4.39 Å². The topological polar surface area (TPSA) is 20.2 Å². The predicted octanol–water partition coefficient (Wildman–Crippen LogP) is 2.12. The highest BCUT2D eigenvalue weighted by atomic mass is 19.1. The number of hydrogen-bond acceptors (Lipinski definition) is 1. The minimum atomic E-state index is -0.252. The number of aliphatic hydroxyl groups excluding tert-OH is 1. The molecule has 0 radical (unpaired) electrons. The maximum absolute atomic E-state index is 11.8. The van der Waals surface area contributed by atoms with Gasteiger partial charge in [-0.1, -0.05) is 24.3 Å². The van der Waals surface area contributed by atoms with Gasteiger partial charge in [-0.15, -0.1) is 0 Å². The molecule has 1 N–H and O–H groups in total. The van der Waals surface area contributed by atoms with Gasteiger partial charge in [-0.3, -0.25) is 4.39 Å². The van der Waals surface area contributed by atoms with Crippen LogP contribution in [0.5, 0.6) is 0 Å². The lowest BCUT2D eigenvalue weighted by molar-refractivity contribution is 0.299. The van der Waals surface area contributed by atoms with Gasteiger partial charge < -0.3 is 5.11 Å². The molecule has 0 fully saturated rings. The lowest BCUT2D eigenvalue weighted by Gasteiger charge is -2.01. The van der Waals surface area contributed by atoms with Crippen molar-refractivity contribution in [2.24, 2.45) is 0 Å². The molecule has 0 aromatic heterocycles. The molecular weight excluding hydrogens is 167 g/mol. The third kappa shape index (κ3) is 3.55. The van der Waals surface area contributed by atoms with Crippen LogP contribution >= 0.6 is 0 Å². The Morgan fingerprint density at radius 1 is 1.00 bits per heavy atom. The molecule has 1 aromatic rings. The highest BCUT2D eigenvalue weighted by Crippen LogP contribution is 2.07. The standard InChI is InChI=1S/C11H15FO/c12-8-1-2-10-3-5-11(6-4-10)7-9-13/h3-6,13H,1-2,7-9H2. The first kappa shape index (κ1) is 10.2. The van der Waals surface area contributed by atoms with Gasteiger partial charge in [0.2, 0.25) is 0 Å². The summed E-state index contributed by atoms with van der Waals surface area (Å²) in [4.78, 5) is 0. The number of hydrogen-bond donors (Lipinski definition) is 1. The lowest BCUT2D eigenvalue weighted by atomic mass is 10.1. The van der Waals surface area contributed by atoms with Crippen molar-refractivity contribution in [1.82, 2.24) is 0 Å². The van der Waals surface area contributed by atoms with Gasteiger partial charge in [0.25, 0.3) is 0 Å². The lowest BCUT2D eigenvalue weighted by Crippen LogP contribution is -1.92. The smallest absolute Gasteiger partial charge is 0.0897 e. The van der Waals surface area contributed by atoms with Crippen LogP contribution < -0.4 is 0 Å². The largest absolute Gasteiger partial charge is 0.396 e. The van der Waals surface area contributed by atoms with Crippen LogP contribution in [-0.2, 0) is 12.8 Å². The first-order valence-electron chi connectivity index (χ1n) is 4.61. The van der Waals surface area contributed by atoms with Gasteiger partial charge in [0.05, 0.1) is 6.67 Å². The molecule has 1 nitrogen and oxygen atoms in total. The van der Waals surface area contributed by atoms with Crippen LogP contribution in [0.15, 0.2) is 24.3 Å². The number of aryl methyl sites for hydroxylation is 1. The average Bonchev–Trinajstić information content (AvgIpc) is 2.17. The van der Waals surface area contributed by atoms with E-state index in [1.54, 1.807) is 0 Å².